The van der Waals surface area contributed by atoms with Crippen molar-refractivity contribution in [1.29, 1.82) is 0 Å². The molecule has 1 atom stereocenters. The average Bonchev–Trinajstić information content (AvgIpc) is 3.26. The minimum atomic E-state index is -1.22. The molecule has 0 aliphatic carbocycles. The third kappa shape index (κ3) is 7.91. The van der Waals surface area contributed by atoms with Gasteiger partial charge < -0.3 is 30.8 Å². The highest BCUT2D eigenvalue weighted by Crippen LogP contribution is 2.31. The Morgan fingerprint density at radius 3 is 2.57 bits per heavy atom. The van der Waals surface area contributed by atoms with Gasteiger partial charge in [-0.05, 0) is 59.8 Å². The molecular weight excluding hydrogens is 583 g/mol. The number of carbonyl (C=O) groups is 3. The number of benzene rings is 3. The molecule has 46 heavy (non-hydrogen) atoms. The summed E-state index contributed by atoms with van der Waals surface area (Å²) >= 11 is 0. The first-order chi connectivity index (χ1) is 22.2. The summed E-state index contributed by atoms with van der Waals surface area (Å²) in [7, 11) is -1.22. The van der Waals surface area contributed by atoms with E-state index in [9.17, 15) is 19.4 Å². The fraction of sp³-hybridized carbons (Fsp3) is 0.314. The molecule has 3 aromatic rings. The smallest absolute Gasteiger partial charge is 0.445 e. The van der Waals surface area contributed by atoms with Crippen LogP contribution in [0.15, 0.2) is 77.3 Å². The van der Waals surface area contributed by atoms with Gasteiger partial charge in [0.25, 0.3) is 5.91 Å². The van der Waals surface area contributed by atoms with Gasteiger partial charge in [0.1, 0.15) is 12.4 Å². The number of ether oxygens (including phenoxy) is 1. The number of nitrogens with one attached hydrogen (secondary N) is 2. The topological polar surface area (TPSA) is 152 Å². The van der Waals surface area contributed by atoms with E-state index < -0.39 is 19.3 Å². The maximum atomic E-state index is 13.3. The van der Waals surface area contributed by atoms with Gasteiger partial charge in [-0.2, -0.15) is 0 Å². The van der Waals surface area contributed by atoms with E-state index in [0.717, 1.165) is 36.8 Å². The van der Waals surface area contributed by atoms with Crippen LogP contribution in [-0.2, 0) is 20.8 Å². The molecular formula is C35H39BN4O6. The van der Waals surface area contributed by atoms with E-state index in [0.29, 0.717) is 39.4 Å². The molecule has 3 aromatic carbocycles. The normalized spacial score (nSPS) is 15.3. The van der Waals surface area contributed by atoms with Crippen molar-refractivity contribution in [3.05, 3.63) is 94.6 Å². The van der Waals surface area contributed by atoms with Crippen LogP contribution in [0.1, 0.15) is 79.1 Å². The number of Topliss-reactive ketones (excluding diaryl/α,β-unsaturated/α-hetero) is 1. The van der Waals surface area contributed by atoms with Crippen LogP contribution in [0.4, 0.5) is 16.2 Å². The van der Waals surface area contributed by atoms with E-state index in [1.165, 1.54) is 0 Å². The van der Waals surface area contributed by atoms with Crippen LogP contribution in [0.3, 0.4) is 0 Å². The number of amidine groups is 1. The molecule has 0 radical (unpaired) electrons. The monoisotopic (exact) mass is 622 g/mol. The lowest BCUT2D eigenvalue weighted by molar-refractivity contribution is -0.119. The summed E-state index contributed by atoms with van der Waals surface area (Å²) in [6.45, 7) is 4.40. The number of anilines is 1. The van der Waals surface area contributed by atoms with Gasteiger partial charge in [-0.25, -0.2) is 9.79 Å². The molecule has 0 saturated heterocycles. The number of hydrogen-bond acceptors (Lipinski definition) is 8. The van der Waals surface area contributed by atoms with Crippen LogP contribution in [0, 0.1) is 5.92 Å². The summed E-state index contributed by atoms with van der Waals surface area (Å²) in [5.41, 5.74) is 11.0. The van der Waals surface area contributed by atoms with Crippen molar-refractivity contribution >= 4 is 53.7 Å². The number of amides is 2. The largest absolute Gasteiger partial charge is 0.492 e. The van der Waals surface area contributed by atoms with Gasteiger partial charge in [0.15, 0.2) is 5.78 Å². The molecule has 2 heterocycles. The second-order valence-electron chi connectivity index (χ2n) is 11.6. The summed E-state index contributed by atoms with van der Waals surface area (Å²) in [4.78, 5) is 43.3. The number of hydrogen-bond donors (Lipinski definition) is 4. The third-order valence-electron chi connectivity index (χ3n) is 8.11. The molecule has 2 amide bonds. The van der Waals surface area contributed by atoms with Gasteiger partial charge in [0.2, 0.25) is 0 Å². The number of alkyl carbamates (subject to hydrolysis) is 1. The third-order valence-corrected chi connectivity index (χ3v) is 8.11. The lowest BCUT2D eigenvalue weighted by atomic mass is 9.79. The number of ketones is 1. The van der Waals surface area contributed by atoms with Crippen LogP contribution in [-0.4, -0.2) is 42.3 Å². The zero-order valence-electron chi connectivity index (χ0n) is 26.1. The van der Waals surface area contributed by atoms with Gasteiger partial charge in [0, 0.05) is 41.3 Å². The van der Waals surface area contributed by atoms with E-state index in [-0.39, 0.29) is 37.2 Å². The summed E-state index contributed by atoms with van der Waals surface area (Å²) in [5, 5.41) is 16.1. The molecule has 0 spiro atoms. The number of aliphatic imine (C=N–C) groups is 1. The van der Waals surface area contributed by atoms with Gasteiger partial charge in [0.05, 0.1) is 11.8 Å². The molecule has 5 N–H and O–H groups in total. The molecule has 1 unspecified atom stereocenters. The summed E-state index contributed by atoms with van der Waals surface area (Å²) < 4.78 is 10.9. The molecule has 2 aliphatic rings. The highest BCUT2D eigenvalue weighted by molar-refractivity contribution is 6.62. The lowest BCUT2D eigenvalue weighted by Gasteiger charge is -2.16. The minimum absolute atomic E-state index is 0.0372. The summed E-state index contributed by atoms with van der Waals surface area (Å²) in [6.07, 6.45) is 4.46. The van der Waals surface area contributed by atoms with Crippen molar-refractivity contribution in [3.63, 3.8) is 0 Å². The number of nitrogens with two attached hydrogens (primary N) is 1. The Morgan fingerprint density at radius 1 is 1.07 bits per heavy atom. The molecule has 11 heteroatoms. The molecule has 10 nitrogen and oxygen atoms in total. The molecule has 5 rings (SSSR count). The highest BCUT2D eigenvalue weighted by atomic mass is 16.6. The van der Waals surface area contributed by atoms with Crippen LogP contribution in [0.2, 0.25) is 0 Å². The Morgan fingerprint density at radius 2 is 1.83 bits per heavy atom. The van der Waals surface area contributed by atoms with Crippen LogP contribution in [0.25, 0.3) is 6.08 Å². The Labute approximate surface area is 269 Å². The predicted octanol–water partition coefficient (Wildman–Crippen LogP) is 5.19. The predicted molar refractivity (Wildman–Crippen MR) is 179 cm³/mol. The van der Waals surface area contributed by atoms with E-state index >= 15 is 0 Å². The number of carbonyl (C=O) groups excluding carboxylic acids is 3. The van der Waals surface area contributed by atoms with E-state index in [2.05, 4.69) is 29.5 Å². The molecule has 0 aromatic heterocycles. The van der Waals surface area contributed by atoms with Crippen LogP contribution < -0.4 is 21.8 Å². The molecule has 0 saturated carbocycles. The first kappa shape index (κ1) is 32.7. The molecule has 0 fully saturated rings. The maximum Gasteiger partial charge on any atom is 0.492 e. The number of nitrogens with zero attached hydrogens (tertiary/aromatic N) is 1. The standard InChI is InChI=1S/C35H39BN4O6/c1-3-8-23(9-4-2)33(41)26-16-24-12-13-25(17-30(24)40-32(37)18-26)34(42)39-27-14-15-28-29(19-27)36(44)46-31(28)20-38-35(43)45-21-22-10-6-5-7-11-22/h5-7,10-17,19,23,31,44H,3-4,8-9,18,20-21H2,1-2H3,(H2,37,40)(H,38,43)(H,39,42). The van der Waals surface area contributed by atoms with Gasteiger partial charge in [-0.3, -0.25) is 9.59 Å². The second-order valence-corrected chi connectivity index (χ2v) is 11.6. The van der Waals surface area contributed by atoms with E-state index in [1.54, 1.807) is 36.4 Å². The quantitative estimate of drug-likeness (QED) is 0.203. The van der Waals surface area contributed by atoms with Crippen molar-refractivity contribution in [2.75, 3.05) is 11.9 Å². The van der Waals surface area contributed by atoms with Gasteiger partial charge in [-0.15, -0.1) is 0 Å². The Kier molecular flexibility index (Phi) is 10.7. The van der Waals surface area contributed by atoms with Crippen LogP contribution in [0.5, 0.6) is 0 Å². The zero-order chi connectivity index (χ0) is 32.6. The highest BCUT2D eigenvalue weighted by Gasteiger charge is 2.35. The Bertz CT molecular complexity index is 1650. The molecule has 238 valence electrons. The average molecular weight is 623 g/mol. The lowest BCUT2D eigenvalue weighted by Crippen LogP contribution is -2.30. The summed E-state index contributed by atoms with van der Waals surface area (Å²) in [5.74, 6) is 0.0220. The SMILES string of the molecule is CCCC(CCC)C(=O)C1=Cc2ccc(C(=O)Nc3ccc4c(c3)B(O)OC4CNC(=O)OCc3ccccc3)cc2N=C(N)C1. The zero-order valence-corrected chi connectivity index (χ0v) is 26.1. The maximum absolute atomic E-state index is 13.3. The fourth-order valence-electron chi connectivity index (χ4n) is 5.83. The fourth-order valence-corrected chi connectivity index (χ4v) is 5.83. The second kappa shape index (κ2) is 15.0. The van der Waals surface area contributed by atoms with Crippen LogP contribution >= 0.6 is 0 Å². The Balaban J connectivity index is 1.23. The van der Waals surface area contributed by atoms with Crippen molar-refractivity contribution in [2.24, 2.45) is 16.6 Å². The molecule has 2 aliphatic heterocycles. The minimum Gasteiger partial charge on any atom is -0.445 e. The van der Waals surface area contributed by atoms with Gasteiger partial charge in [-0.1, -0.05) is 69.2 Å². The summed E-state index contributed by atoms with van der Waals surface area (Å²) in [6, 6.07) is 19.6. The van der Waals surface area contributed by atoms with Crippen molar-refractivity contribution in [3.8, 4) is 0 Å². The van der Waals surface area contributed by atoms with E-state index in [1.807, 2.05) is 36.4 Å². The molecule has 0 bridgehead atoms. The first-order valence-electron chi connectivity index (χ1n) is 15.7. The van der Waals surface area contributed by atoms with Crippen molar-refractivity contribution < 1.29 is 28.8 Å². The van der Waals surface area contributed by atoms with Gasteiger partial charge >= 0.3 is 13.2 Å². The van der Waals surface area contributed by atoms with E-state index in [4.69, 9.17) is 15.1 Å². The first-order valence-corrected chi connectivity index (χ1v) is 15.7. The number of rotatable bonds is 12. The number of fused-ring (bicyclic) bond motifs is 2. The van der Waals surface area contributed by atoms with Crippen molar-refractivity contribution in [1.82, 2.24) is 5.32 Å². The Hall–Kier alpha value is -4.74. The van der Waals surface area contributed by atoms with Crippen molar-refractivity contribution in [2.45, 2.75) is 58.7 Å².